The number of halogens is 1. The number of carbonyl (C=O) groups is 1. The van der Waals surface area contributed by atoms with Crippen molar-refractivity contribution in [3.63, 3.8) is 0 Å². The maximum absolute atomic E-state index is 13.4. The van der Waals surface area contributed by atoms with Crippen molar-refractivity contribution in [2.75, 3.05) is 20.3 Å². The van der Waals surface area contributed by atoms with Crippen LogP contribution in [0.1, 0.15) is 28.8 Å². The molecule has 17 heavy (non-hydrogen) atoms. The van der Waals surface area contributed by atoms with Crippen LogP contribution in [0.25, 0.3) is 0 Å². The van der Waals surface area contributed by atoms with Gasteiger partial charge < -0.3 is 10.1 Å². The van der Waals surface area contributed by atoms with E-state index in [-0.39, 0.29) is 11.5 Å². The normalized spacial score (nSPS) is 10.3. The summed E-state index contributed by atoms with van der Waals surface area (Å²) in [7, 11) is 1.64. The van der Waals surface area contributed by atoms with Crippen molar-refractivity contribution in [1.82, 2.24) is 5.32 Å². The zero-order valence-corrected chi connectivity index (χ0v) is 10.3. The predicted octanol–water partition coefficient (Wildman–Crippen LogP) is 2.29. The molecule has 4 heteroatoms. The van der Waals surface area contributed by atoms with Gasteiger partial charge in [-0.1, -0.05) is 6.07 Å². The second-order valence-corrected chi connectivity index (χ2v) is 3.94. The van der Waals surface area contributed by atoms with Crippen molar-refractivity contribution >= 4 is 5.91 Å². The number of rotatable bonds is 6. The third-order valence-electron chi connectivity index (χ3n) is 2.43. The first kappa shape index (κ1) is 13.6. The zero-order chi connectivity index (χ0) is 12.7. The van der Waals surface area contributed by atoms with E-state index in [1.165, 1.54) is 12.1 Å². The molecular formula is C13H18FNO2. The van der Waals surface area contributed by atoms with Gasteiger partial charge in [0.05, 0.1) is 5.56 Å². The van der Waals surface area contributed by atoms with E-state index < -0.39 is 5.82 Å². The number of aryl methyl sites for hydroxylation is 1. The van der Waals surface area contributed by atoms with E-state index in [1.54, 1.807) is 20.1 Å². The van der Waals surface area contributed by atoms with E-state index in [9.17, 15) is 9.18 Å². The quantitative estimate of drug-likeness (QED) is 0.773. The molecule has 0 unspecified atom stereocenters. The summed E-state index contributed by atoms with van der Waals surface area (Å²) in [6.07, 6.45) is 1.71. The van der Waals surface area contributed by atoms with Gasteiger partial charge >= 0.3 is 0 Å². The molecular weight excluding hydrogens is 221 g/mol. The van der Waals surface area contributed by atoms with Gasteiger partial charge in [-0.3, -0.25) is 4.79 Å². The van der Waals surface area contributed by atoms with Crippen LogP contribution in [-0.4, -0.2) is 26.2 Å². The van der Waals surface area contributed by atoms with Crippen molar-refractivity contribution in [3.05, 3.63) is 35.1 Å². The van der Waals surface area contributed by atoms with Crippen LogP contribution in [-0.2, 0) is 4.74 Å². The van der Waals surface area contributed by atoms with Crippen LogP contribution in [0.2, 0.25) is 0 Å². The standard InChI is InChI=1S/C13H18FNO2/c1-10-5-6-11(12(14)9-10)13(16)15-7-3-4-8-17-2/h5-6,9H,3-4,7-8H2,1-2H3,(H,15,16). The molecule has 0 bridgehead atoms. The summed E-state index contributed by atoms with van der Waals surface area (Å²) in [5.74, 6) is -0.834. The minimum atomic E-state index is -0.473. The van der Waals surface area contributed by atoms with Crippen LogP contribution in [0.15, 0.2) is 18.2 Å². The maximum atomic E-state index is 13.4. The number of unbranched alkanes of at least 4 members (excludes halogenated alkanes) is 1. The molecule has 1 rings (SSSR count). The van der Waals surface area contributed by atoms with Gasteiger partial charge in [-0.25, -0.2) is 4.39 Å². The fourth-order valence-corrected chi connectivity index (χ4v) is 1.47. The Labute approximate surface area is 101 Å². The van der Waals surface area contributed by atoms with Gasteiger partial charge in [-0.15, -0.1) is 0 Å². The van der Waals surface area contributed by atoms with Gasteiger partial charge in [0.2, 0.25) is 0 Å². The molecule has 3 nitrogen and oxygen atoms in total. The summed E-state index contributed by atoms with van der Waals surface area (Å²) >= 11 is 0. The first-order valence-corrected chi connectivity index (χ1v) is 5.68. The lowest BCUT2D eigenvalue weighted by atomic mass is 10.1. The Morgan fingerprint density at radius 2 is 2.18 bits per heavy atom. The molecule has 0 radical (unpaired) electrons. The van der Waals surface area contributed by atoms with Crippen LogP contribution in [0, 0.1) is 12.7 Å². The Bertz CT molecular complexity index is 380. The molecule has 0 saturated carbocycles. The first-order chi connectivity index (χ1) is 8.15. The summed E-state index contributed by atoms with van der Waals surface area (Å²) < 4.78 is 18.3. The monoisotopic (exact) mass is 239 g/mol. The number of ether oxygens (including phenoxy) is 1. The topological polar surface area (TPSA) is 38.3 Å². The highest BCUT2D eigenvalue weighted by Gasteiger charge is 2.10. The van der Waals surface area contributed by atoms with E-state index >= 15 is 0 Å². The molecule has 0 spiro atoms. The van der Waals surface area contributed by atoms with Crippen LogP contribution in [0.3, 0.4) is 0 Å². The lowest BCUT2D eigenvalue weighted by Crippen LogP contribution is -2.25. The van der Waals surface area contributed by atoms with Crippen molar-refractivity contribution < 1.29 is 13.9 Å². The van der Waals surface area contributed by atoms with Gasteiger partial charge in [0.1, 0.15) is 5.82 Å². The molecule has 0 heterocycles. The van der Waals surface area contributed by atoms with Crippen molar-refractivity contribution in [1.29, 1.82) is 0 Å². The zero-order valence-electron chi connectivity index (χ0n) is 10.3. The van der Waals surface area contributed by atoms with Gasteiger partial charge in [0.25, 0.3) is 5.91 Å². The van der Waals surface area contributed by atoms with E-state index in [0.29, 0.717) is 13.2 Å². The summed E-state index contributed by atoms with van der Waals surface area (Å²) in [4.78, 5) is 11.6. The number of nitrogens with one attached hydrogen (secondary N) is 1. The average Bonchev–Trinajstić information content (AvgIpc) is 2.28. The molecule has 1 amide bonds. The molecule has 0 aliphatic heterocycles. The summed E-state index contributed by atoms with van der Waals surface area (Å²) in [5.41, 5.74) is 0.904. The van der Waals surface area contributed by atoms with Crippen molar-refractivity contribution in [3.8, 4) is 0 Å². The second-order valence-electron chi connectivity index (χ2n) is 3.94. The number of hydrogen-bond acceptors (Lipinski definition) is 2. The third kappa shape index (κ3) is 4.53. The average molecular weight is 239 g/mol. The number of hydrogen-bond donors (Lipinski definition) is 1. The van der Waals surface area contributed by atoms with Crippen LogP contribution in [0.5, 0.6) is 0 Å². The molecule has 1 N–H and O–H groups in total. The van der Waals surface area contributed by atoms with E-state index in [4.69, 9.17) is 4.74 Å². The van der Waals surface area contributed by atoms with E-state index in [0.717, 1.165) is 18.4 Å². The van der Waals surface area contributed by atoms with Gasteiger partial charge in [0, 0.05) is 20.3 Å². The molecule has 0 saturated heterocycles. The van der Waals surface area contributed by atoms with E-state index in [2.05, 4.69) is 5.32 Å². The van der Waals surface area contributed by atoms with Crippen LogP contribution in [0.4, 0.5) is 4.39 Å². The Hall–Kier alpha value is -1.42. The van der Waals surface area contributed by atoms with Gasteiger partial charge in [0.15, 0.2) is 0 Å². The Kier molecular flexibility index (Phi) is 5.63. The minimum absolute atomic E-state index is 0.0994. The fraction of sp³-hybridized carbons (Fsp3) is 0.462. The summed E-state index contributed by atoms with van der Waals surface area (Å²) in [6, 6.07) is 4.60. The van der Waals surface area contributed by atoms with Crippen LogP contribution >= 0.6 is 0 Å². The molecule has 0 aromatic heterocycles. The lowest BCUT2D eigenvalue weighted by Gasteiger charge is -2.06. The Morgan fingerprint density at radius 3 is 2.82 bits per heavy atom. The number of methoxy groups -OCH3 is 1. The van der Waals surface area contributed by atoms with Gasteiger partial charge in [-0.2, -0.15) is 0 Å². The minimum Gasteiger partial charge on any atom is -0.385 e. The predicted molar refractivity (Wildman–Crippen MR) is 64.6 cm³/mol. The smallest absolute Gasteiger partial charge is 0.254 e. The molecule has 0 atom stereocenters. The maximum Gasteiger partial charge on any atom is 0.254 e. The van der Waals surface area contributed by atoms with Gasteiger partial charge in [-0.05, 0) is 37.5 Å². The summed E-state index contributed by atoms with van der Waals surface area (Å²) in [6.45, 7) is 3.00. The van der Waals surface area contributed by atoms with E-state index in [1.807, 2.05) is 0 Å². The fourth-order valence-electron chi connectivity index (χ4n) is 1.47. The summed E-state index contributed by atoms with van der Waals surface area (Å²) in [5, 5.41) is 2.68. The number of amides is 1. The lowest BCUT2D eigenvalue weighted by molar-refractivity contribution is 0.0947. The van der Waals surface area contributed by atoms with Crippen molar-refractivity contribution in [2.45, 2.75) is 19.8 Å². The largest absolute Gasteiger partial charge is 0.385 e. The Morgan fingerprint density at radius 1 is 1.41 bits per heavy atom. The molecule has 1 aromatic rings. The van der Waals surface area contributed by atoms with Crippen LogP contribution < -0.4 is 5.32 Å². The van der Waals surface area contributed by atoms with Crippen molar-refractivity contribution in [2.24, 2.45) is 0 Å². The molecule has 0 aliphatic rings. The highest BCUT2D eigenvalue weighted by atomic mass is 19.1. The highest BCUT2D eigenvalue weighted by molar-refractivity contribution is 5.94. The number of carbonyl (C=O) groups excluding carboxylic acids is 1. The molecule has 0 fully saturated rings. The Balaban J connectivity index is 2.42. The SMILES string of the molecule is COCCCCNC(=O)c1ccc(C)cc1F. The highest BCUT2D eigenvalue weighted by Crippen LogP contribution is 2.09. The third-order valence-corrected chi connectivity index (χ3v) is 2.43. The molecule has 94 valence electrons. The first-order valence-electron chi connectivity index (χ1n) is 5.68. The second kappa shape index (κ2) is 7.01. The number of benzene rings is 1. The molecule has 1 aromatic carbocycles. The molecule has 0 aliphatic carbocycles.